The van der Waals surface area contributed by atoms with E-state index < -0.39 is 8.07 Å². The van der Waals surface area contributed by atoms with Crippen molar-refractivity contribution in [2.45, 2.75) is 86.1 Å². The molecule has 40 heavy (non-hydrogen) atoms. The van der Waals surface area contributed by atoms with Gasteiger partial charge in [-0.05, 0) is 63.5 Å². The maximum absolute atomic E-state index is 4.12. The van der Waals surface area contributed by atoms with Crippen LogP contribution in [0.2, 0.25) is 5.04 Å². The summed E-state index contributed by atoms with van der Waals surface area (Å²) in [6.07, 6.45) is 8.34. The van der Waals surface area contributed by atoms with E-state index in [0.29, 0.717) is 0 Å². The summed E-state index contributed by atoms with van der Waals surface area (Å²) in [5, 5.41) is 4.35. The third-order valence-electron chi connectivity index (χ3n) is 8.87. The van der Waals surface area contributed by atoms with Crippen molar-refractivity contribution in [2.24, 2.45) is 0 Å². The summed E-state index contributed by atoms with van der Waals surface area (Å²) < 4.78 is 0. The normalized spacial score (nSPS) is 16.2. The maximum Gasteiger partial charge on any atom is 4.00 e. The van der Waals surface area contributed by atoms with E-state index in [1.807, 2.05) is 0 Å². The van der Waals surface area contributed by atoms with Gasteiger partial charge in [0.25, 0.3) is 0 Å². The summed E-state index contributed by atoms with van der Waals surface area (Å²) in [6, 6.07) is 26.5. The first kappa shape index (κ1) is 38.9. The standard InChI is InChI=1S/C35H43Si.3ClH.Ti/c1-9-28-18-29(10-2)21-33(20-28)36(32-16-14-13-15-17-32,35(8)24-25(5)26(6)27(35)7)34-22-30(11-3)19-31(12-4)23-34;;;;/h13-23H,9-12H2,1-8H3;3*1H;/q-1;;;;+4/p-3. The van der Waals surface area contributed by atoms with E-state index in [0.717, 1.165) is 25.7 Å². The molecule has 1 aliphatic carbocycles. The molecule has 1 unspecified atom stereocenters. The molecule has 0 aromatic heterocycles. The molecular formula is C35H43Cl3SiTi. The van der Waals surface area contributed by atoms with Crippen molar-refractivity contribution in [3.05, 3.63) is 112 Å². The van der Waals surface area contributed by atoms with Gasteiger partial charge in [0.2, 0.25) is 0 Å². The molecule has 3 aromatic carbocycles. The molecule has 0 saturated carbocycles. The van der Waals surface area contributed by atoms with Crippen LogP contribution in [0.25, 0.3) is 0 Å². The third kappa shape index (κ3) is 6.61. The maximum atomic E-state index is 4.12. The van der Waals surface area contributed by atoms with Crippen LogP contribution in [-0.2, 0) is 47.4 Å². The first-order chi connectivity index (χ1) is 17.2. The number of aryl methyl sites for hydroxylation is 4. The Morgan fingerprint density at radius 2 is 0.975 bits per heavy atom. The number of rotatable bonds is 8. The summed E-state index contributed by atoms with van der Waals surface area (Å²) in [4.78, 5) is 0. The predicted molar refractivity (Wildman–Crippen MR) is 161 cm³/mol. The number of halogens is 3. The van der Waals surface area contributed by atoms with Crippen molar-refractivity contribution in [1.82, 2.24) is 0 Å². The van der Waals surface area contributed by atoms with Gasteiger partial charge in [-0.1, -0.05) is 120 Å². The molecule has 0 N–H and O–H groups in total. The van der Waals surface area contributed by atoms with Crippen molar-refractivity contribution >= 4 is 23.6 Å². The minimum atomic E-state index is -2.64. The number of benzene rings is 3. The average molecular weight is 646 g/mol. The zero-order valence-corrected chi connectivity index (χ0v) is 30.1. The molecule has 0 spiro atoms. The van der Waals surface area contributed by atoms with Gasteiger partial charge < -0.3 is 37.2 Å². The van der Waals surface area contributed by atoms with Crippen LogP contribution < -0.4 is 52.8 Å². The van der Waals surface area contributed by atoms with E-state index in [-0.39, 0.29) is 64.0 Å². The molecule has 0 amide bonds. The molecule has 0 radical (unpaired) electrons. The SMILES string of the molecule is CCc1cc(CC)cc([Si](c2ccccc2)(c2cc(CC)cc(CC)c2)C2(C)[C-]=C(C)C(C)=C2C)c1.[Cl-].[Cl-].[Cl-].[Ti+4]. The van der Waals surface area contributed by atoms with E-state index >= 15 is 0 Å². The fourth-order valence-corrected chi connectivity index (χ4v) is 12.6. The Hall–Kier alpha value is -1.06. The Morgan fingerprint density at radius 3 is 1.27 bits per heavy atom. The monoisotopic (exact) mass is 644 g/mol. The van der Waals surface area contributed by atoms with Crippen molar-refractivity contribution in [2.75, 3.05) is 0 Å². The van der Waals surface area contributed by atoms with Crippen LogP contribution in [0.3, 0.4) is 0 Å². The van der Waals surface area contributed by atoms with Gasteiger partial charge in [0, 0.05) is 0 Å². The van der Waals surface area contributed by atoms with Crippen molar-refractivity contribution in [1.29, 1.82) is 0 Å². The van der Waals surface area contributed by atoms with Gasteiger partial charge in [-0.15, -0.1) is 6.92 Å². The summed E-state index contributed by atoms with van der Waals surface area (Å²) in [6.45, 7) is 18.6. The predicted octanol–water partition coefficient (Wildman–Crippen LogP) is -1.72. The second kappa shape index (κ2) is 16.0. The molecule has 0 bridgehead atoms. The molecule has 5 heteroatoms. The van der Waals surface area contributed by atoms with Crippen LogP contribution in [0, 0.1) is 6.08 Å². The summed E-state index contributed by atoms with van der Waals surface area (Å²) in [7, 11) is -2.64. The first-order valence-corrected chi connectivity index (χ1v) is 15.9. The first-order valence-electron chi connectivity index (χ1n) is 13.9. The topological polar surface area (TPSA) is 0 Å². The second-order valence-electron chi connectivity index (χ2n) is 10.7. The van der Waals surface area contributed by atoms with Crippen LogP contribution in [0.15, 0.2) is 83.4 Å². The zero-order valence-electron chi connectivity index (χ0n) is 25.3. The molecule has 212 valence electrons. The van der Waals surface area contributed by atoms with Gasteiger partial charge in [-0.2, -0.15) is 11.1 Å². The molecule has 0 heterocycles. The minimum Gasteiger partial charge on any atom is -1.00 e. The van der Waals surface area contributed by atoms with E-state index in [1.54, 1.807) is 0 Å². The Balaban J connectivity index is 0.00000380. The van der Waals surface area contributed by atoms with Crippen LogP contribution in [0.5, 0.6) is 0 Å². The third-order valence-corrected chi connectivity index (χ3v) is 14.4. The fraction of sp³-hybridized carbons (Fsp3) is 0.371. The quantitative estimate of drug-likeness (QED) is 0.155. The van der Waals surface area contributed by atoms with Gasteiger partial charge in [0.05, 0.1) is 0 Å². The Labute approximate surface area is 278 Å². The minimum absolute atomic E-state index is 0. The van der Waals surface area contributed by atoms with Gasteiger partial charge in [-0.25, -0.2) is 5.57 Å². The summed E-state index contributed by atoms with van der Waals surface area (Å²) >= 11 is 0. The molecule has 0 aliphatic heterocycles. The molecule has 0 saturated heterocycles. The average Bonchev–Trinajstić information content (AvgIpc) is 3.11. The van der Waals surface area contributed by atoms with Crippen molar-refractivity contribution < 1.29 is 58.9 Å². The number of hydrogen-bond acceptors (Lipinski definition) is 0. The van der Waals surface area contributed by atoms with Crippen LogP contribution in [0.1, 0.15) is 77.6 Å². The van der Waals surface area contributed by atoms with Gasteiger partial charge in [-0.3, -0.25) is 6.08 Å². The van der Waals surface area contributed by atoms with Gasteiger partial charge in [0.1, 0.15) is 8.07 Å². The smallest absolute Gasteiger partial charge is 1.00 e. The Bertz CT molecular complexity index is 1230. The summed E-state index contributed by atoms with van der Waals surface area (Å²) in [5.41, 5.74) is 9.98. The van der Waals surface area contributed by atoms with Crippen molar-refractivity contribution in [3.63, 3.8) is 0 Å². The van der Waals surface area contributed by atoms with E-state index in [9.17, 15) is 0 Å². The number of allylic oxidation sites excluding steroid dienone is 4. The second-order valence-corrected chi connectivity index (χ2v) is 15.0. The Kier molecular flexibility index (Phi) is 15.5. The Morgan fingerprint density at radius 1 is 0.600 bits per heavy atom. The summed E-state index contributed by atoms with van der Waals surface area (Å²) in [5.74, 6) is 0. The van der Waals surface area contributed by atoms with Crippen LogP contribution in [-0.4, -0.2) is 8.07 Å². The van der Waals surface area contributed by atoms with Crippen LogP contribution >= 0.6 is 0 Å². The molecule has 3 aromatic rings. The molecule has 0 fully saturated rings. The van der Waals surface area contributed by atoms with E-state index in [2.05, 4.69) is 128 Å². The van der Waals surface area contributed by atoms with Gasteiger partial charge in [0.15, 0.2) is 0 Å². The largest absolute Gasteiger partial charge is 4.00 e. The molecule has 0 nitrogen and oxygen atoms in total. The molecule has 4 rings (SSSR count). The fourth-order valence-electron chi connectivity index (χ4n) is 6.42. The molecular weight excluding hydrogens is 603 g/mol. The zero-order chi connectivity index (χ0) is 26.1. The molecule has 1 atom stereocenters. The number of hydrogen-bond donors (Lipinski definition) is 0. The van der Waals surface area contributed by atoms with Gasteiger partial charge >= 0.3 is 21.7 Å². The van der Waals surface area contributed by atoms with E-state index in [4.69, 9.17) is 0 Å². The molecule has 1 aliphatic rings. The van der Waals surface area contributed by atoms with Crippen LogP contribution in [0.4, 0.5) is 0 Å². The van der Waals surface area contributed by atoms with Crippen molar-refractivity contribution in [3.8, 4) is 0 Å². The van der Waals surface area contributed by atoms with E-state index in [1.165, 1.54) is 54.5 Å².